The van der Waals surface area contributed by atoms with E-state index < -0.39 is 6.10 Å². The highest BCUT2D eigenvalue weighted by Gasteiger charge is 2.04. The van der Waals surface area contributed by atoms with E-state index in [1.807, 2.05) is 0 Å². The Bertz CT molecular complexity index is 105. The maximum absolute atomic E-state index is 10.5. The zero-order chi connectivity index (χ0) is 7.98. The quantitative estimate of drug-likeness (QED) is 0.490. The average Bonchev–Trinajstić information content (AvgIpc) is 1.99. The largest absolute Gasteiger partial charge is 0.463 e. The Labute approximate surface area is 64.9 Å². The number of ether oxygens (including phenoxy) is 1. The lowest BCUT2D eigenvalue weighted by atomic mass is 10.4. The molecule has 0 unspecified atom stereocenters. The third-order valence-electron chi connectivity index (χ3n) is 0.903. The fraction of sp³-hybridized carbons (Fsp3) is 0.833. The van der Waals surface area contributed by atoms with Gasteiger partial charge in [-0.25, -0.2) is 0 Å². The molecule has 3 nitrogen and oxygen atoms in total. The predicted molar refractivity (Wildman–Crippen MR) is 38.0 cm³/mol. The van der Waals surface area contributed by atoms with Gasteiger partial charge in [0, 0.05) is 6.42 Å². The molecule has 0 saturated carbocycles. The number of alkyl halides is 1. The first kappa shape index (κ1) is 9.72. The fourth-order valence-corrected chi connectivity index (χ4v) is 0.425. The molecule has 0 radical (unpaired) electrons. The summed E-state index contributed by atoms with van der Waals surface area (Å²) in [6.45, 7) is 1.69. The van der Waals surface area contributed by atoms with E-state index in [9.17, 15) is 4.79 Å². The van der Waals surface area contributed by atoms with Gasteiger partial charge in [0.1, 0.15) is 12.7 Å². The first-order chi connectivity index (χ1) is 4.70. The molecule has 0 aliphatic carbocycles. The molecule has 1 atom stereocenters. The van der Waals surface area contributed by atoms with E-state index in [1.54, 1.807) is 6.92 Å². The van der Waals surface area contributed by atoms with E-state index in [1.165, 1.54) is 0 Å². The Morgan fingerprint density at radius 3 is 2.80 bits per heavy atom. The Kier molecular flexibility index (Phi) is 5.35. The van der Waals surface area contributed by atoms with E-state index in [0.29, 0.717) is 6.42 Å². The van der Waals surface area contributed by atoms with Crippen LogP contribution in [0.25, 0.3) is 0 Å². The Balaban J connectivity index is 3.26. The standard InChI is InChI=1S/C6H11ClO3/c1-2-6(9)10-4-5(8)3-7/h5,8H,2-4H2,1H3/t5-/m0/s1. The number of rotatable bonds is 4. The van der Waals surface area contributed by atoms with E-state index in [2.05, 4.69) is 4.74 Å². The molecule has 10 heavy (non-hydrogen) atoms. The van der Waals surface area contributed by atoms with Crippen molar-refractivity contribution in [2.24, 2.45) is 0 Å². The Morgan fingerprint density at radius 2 is 2.40 bits per heavy atom. The van der Waals surface area contributed by atoms with Crippen LogP contribution >= 0.6 is 11.6 Å². The molecule has 0 aromatic rings. The predicted octanol–water partition coefficient (Wildman–Crippen LogP) is 0.539. The van der Waals surface area contributed by atoms with Crippen molar-refractivity contribution in [2.75, 3.05) is 12.5 Å². The maximum Gasteiger partial charge on any atom is 0.305 e. The van der Waals surface area contributed by atoms with Crippen molar-refractivity contribution in [2.45, 2.75) is 19.4 Å². The molecule has 0 heterocycles. The highest BCUT2D eigenvalue weighted by Crippen LogP contribution is 1.91. The number of carbonyl (C=O) groups excluding carboxylic acids is 1. The van der Waals surface area contributed by atoms with Gasteiger partial charge in [-0.2, -0.15) is 0 Å². The third kappa shape index (κ3) is 4.58. The minimum Gasteiger partial charge on any atom is -0.463 e. The van der Waals surface area contributed by atoms with Crippen molar-refractivity contribution >= 4 is 17.6 Å². The summed E-state index contributed by atoms with van der Waals surface area (Å²) in [6.07, 6.45) is -0.410. The van der Waals surface area contributed by atoms with Crippen molar-refractivity contribution in [1.82, 2.24) is 0 Å². The highest BCUT2D eigenvalue weighted by molar-refractivity contribution is 6.18. The molecule has 0 bridgehead atoms. The molecule has 0 amide bonds. The van der Waals surface area contributed by atoms with E-state index >= 15 is 0 Å². The SMILES string of the molecule is CCC(=O)OC[C@@H](O)CCl. The molecule has 1 N–H and O–H groups in total. The van der Waals surface area contributed by atoms with Crippen molar-refractivity contribution in [3.8, 4) is 0 Å². The molecular formula is C6H11ClO3. The first-order valence-electron chi connectivity index (χ1n) is 3.10. The second kappa shape index (κ2) is 5.50. The van der Waals surface area contributed by atoms with Crippen LogP contribution in [-0.2, 0) is 9.53 Å². The smallest absolute Gasteiger partial charge is 0.305 e. The number of carbonyl (C=O) groups is 1. The minimum atomic E-state index is -0.739. The van der Waals surface area contributed by atoms with Gasteiger partial charge in [0.2, 0.25) is 0 Å². The third-order valence-corrected chi connectivity index (χ3v) is 1.26. The molecule has 0 spiro atoms. The van der Waals surface area contributed by atoms with Crippen LogP contribution in [0.5, 0.6) is 0 Å². The van der Waals surface area contributed by atoms with Crippen LogP contribution in [0.3, 0.4) is 0 Å². The van der Waals surface area contributed by atoms with Crippen LogP contribution in [-0.4, -0.2) is 29.7 Å². The van der Waals surface area contributed by atoms with Gasteiger partial charge >= 0.3 is 5.97 Å². The molecule has 0 saturated heterocycles. The van der Waals surface area contributed by atoms with Crippen LogP contribution in [0.15, 0.2) is 0 Å². The van der Waals surface area contributed by atoms with Gasteiger partial charge in [-0.1, -0.05) is 6.92 Å². The summed E-state index contributed by atoms with van der Waals surface area (Å²) in [4.78, 5) is 10.5. The van der Waals surface area contributed by atoms with Crippen LogP contribution < -0.4 is 0 Å². The molecule has 0 fully saturated rings. The van der Waals surface area contributed by atoms with Gasteiger partial charge in [-0.3, -0.25) is 4.79 Å². The monoisotopic (exact) mass is 166 g/mol. The van der Waals surface area contributed by atoms with E-state index in [0.717, 1.165) is 0 Å². The summed E-state index contributed by atoms with van der Waals surface area (Å²) in [5.41, 5.74) is 0. The average molecular weight is 167 g/mol. The van der Waals surface area contributed by atoms with Crippen LogP contribution in [0.1, 0.15) is 13.3 Å². The maximum atomic E-state index is 10.5. The molecular weight excluding hydrogens is 156 g/mol. The summed E-state index contributed by atoms with van der Waals surface area (Å²) < 4.78 is 4.57. The molecule has 4 heteroatoms. The van der Waals surface area contributed by atoms with E-state index in [4.69, 9.17) is 16.7 Å². The van der Waals surface area contributed by atoms with Crippen LogP contribution in [0.2, 0.25) is 0 Å². The van der Waals surface area contributed by atoms with Crippen molar-refractivity contribution in [1.29, 1.82) is 0 Å². The van der Waals surface area contributed by atoms with Gasteiger partial charge in [0.25, 0.3) is 0 Å². The zero-order valence-electron chi connectivity index (χ0n) is 5.84. The summed E-state index contributed by atoms with van der Waals surface area (Å²) in [5, 5.41) is 8.79. The minimum absolute atomic E-state index is 0.00380. The number of esters is 1. The molecule has 60 valence electrons. The van der Waals surface area contributed by atoms with Crippen LogP contribution in [0.4, 0.5) is 0 Å². The lowest BCUT2D eigenvalue weighted by molar-refractivity contribution is -0.145. The number of aliphatic hydroxyl groups excluding tert-OH is 1. The lowest BCUT2D eigenvalue weighted by Crippen LogP contribution is -2.19. The van der Waals surface area contributed by atoms with Crippen molar-refractivity contribution in [3.63, 3.8) is 0 Å². The zero-order valence-corrected chi connectivity index (χ0v) is 6.60. The Morgan fingerprint density at radius 1 is 1.80 bits per heavy atom. The normalized spacial score (nSPS) is 12.7. The lowest BCUT2D eigenvalue weighted by Gasteiger charge is -2.06. The summed E-state index contributed by atoms with van der Waals surface area (Å²) in [6, 6.07) is 0. The second-order valence-electron chi connectivity index (χ2n) is 1.84. The summed E-state index contributed by atoms with van der Waals surface area (Å²) in [5.74, 6) is -0.221. The number of hydrogen-bond donors (Lipinski definition) is 1. The molecule has 0 aliphatic heterocycles. The molecule has 0 rings (SSSR count). The van der Waals surface area contributed by atoms with Crippen molar-refractivity contribution in [3.05, 3.63) is 0 Å². The summed E-state index contributed by atoms with van der Waals surface area (Å²) >= 11 is 5.24. The highest BCUT2D eigenvalue weighted by atomic mass is 35.5. The van der Waals surface area contributed by atoms with E-state index in [-0.39, 0.29) is 18.5 Å². The Hall–Kier alpha value is -0.280. The topological polar surface area (TPSA) is 46.5 Å². The fourth-order valence-electron chi connectivity index (χ4n) is 0.336. The molecule has 0 aromatic carbocycles. The van der Waals surface area contributed by atoms with Gasteiger partial charge in [0.15, 0.2) is 0 Å². The van der Waals surface area contributed by atoms with Gasteiger partial charge in [-0.15, -0.1) is 11.6 Å². The van der Waals surface area contributed by atoms with Crippen LogP contribution in [0, 0.1) is 0 Å². The second-order valence-corrected chi connectivity index (χ2v) is 2.15. The molecule has 0 aromatic heterocycles. The number of aliphatic hydroxyl groups is 1. The number of hydrogen-bond acceptors (Lipinski definition) is 3. The van der Waals surface area contributed by atoms with Gasteiger partial charge < -0.3 is 9.84 Å². The van der Waals surface area contributed by atoms with Crippen molar-refractivity contribution < 1.29 is 14.6 Å². The summed E-state index contributed by atoms with van der Waals surface area (Å²) in [7, 11) is 0. The first-order valence-corrected chi connectivity index (χ1v) is 3.63. The van der Waals surface area contributed by atoms with Gasteiger partial charge in [-0.05, 0) is 0 Å². The molecule has 0 aliphatic rings. The number of halogens is 1. The van der Waals surface area contributed by atoms with Gasteiger partial charge in [0.05, 0.1) is 5.88 Å².